The summed E-state index contributed by atoms with van der Waals surface area (Å²) in [4.78, 5) is 0. The minimum atomic E-state index is 0.372. The summed E-state index contributed by atoms with van der Waals surface area (Å²) in [6.07, 6.45) is 3.89. The number of aromatic nitrogens is 3. The van der Waals surface area contributed by atoms with Crippen LogP contribution in [0.15, 0.2) is 29.4 Å². The van der Waals surface area contributed by atoms with Gasteiger partial charge in [-0.15, -0.1) is 0 Å². The zero-order chi connectivity index (χ0) is 14.5. The molecule has 0 saturated heterocycles. The molecule has 0 aliphatic heterocycles. The third-order valence-corrected chi connectivity index (χ3v) is 3.79. The van der Waals surface area contributed by atoms with Crippen LogP contribution in [0, 0.1) is 11.7 Å². The topological polar surface area (TPSA) is 46.0 Å². The molecule has 106 valence electrons. The third kappa shape index (κ3) is 3.04. The van der Waals surface area contributed by atoms with Gasteiger partial charge in [0.15, 0.2) is 5.82 Å². The van der Waals surface area contributed by atoms with E-state index in [1.807, 2.05) is 24.4 Å². The van der Waals surface area contributed by atoms with Gasteiger partial charge in [-0.2, -0.15) is 14.9 Å². The molecule has 2 aromatic rings. The molecular weight excluding hydrogens is 268 g/mol. The SMILES string of the molecule is CCC(CC)c1n[nH]c(=S)n1/N=C\c1ccccc1C. The van der Waals surface area contributed by atoms with Gasteiger partial charge in [-0.1, -0.05) is 38.1 Å². The summed E-state index contributed by atoms with van der Waals surface area (Å²) >= 11 is 5.27. The molecule has 1 heterocycles. The van der Waals surface area contributed by atoms with Crippen LogP contribution in [-0.4, -0.2) is 21.1 Å². The maximum Gasteiger partial charge on any atom is 0.216 e. The summed E-state index contributed by atoms with van der Waals surface area (Å²) < 4.78 is 2.27. The third-order valence-electron chi connectivity index (χ3n) is 3.53. The zero-order valence-corrected chi connectivity index (χ0v) is 12.9. The molecule has 2 rings (SSSR count). The smallest absolute Gasteiger partial charge is 0.216 e. The van der Waals surface area contributed by atoms with Crippen LogP contribution in [0.3, 0.4) is 0 Å². The molecule has 0 saturated carbocycles. The van der Waals surface area contributed by atoms with E-state index >= 15 is 0 Å². The van der Waals surface area contributed by atoms with Gasteiger partial charge in [-0.25, -0.2) is 0 Å². The molecule has 20 heavy (non-hydrogen) atoms. The lowest BCUT2D eigenvalue weighted by atomic mass is 10.0. The highest BCUT2D eigenvalue weighted by Gasteiger charge is 2.14. The standard InChI is InChI=1S/C15H20N4S/c1-4-12(5-2)14-17-18-15(20)19(14)16-10-13-9-7-6-8-11(13)3/h6-10,12H,4-5H2,1-3H3,(H,18,20)/b16-10-. The van der Waals surface area contributed by atoms with E-state index in [4.69, 9.17) is 12.2 Å². The first-order valence-electron chi connectivity index (χ1n) is 6.94. The van der Waals surface area contributed by atoms with Gasteiger partial charge in [0, 0.05) is 5.92 Å². The molecular formula is C15H20N4S. The van der Waals surface area contributed by atoms with E-state index in [9.17, 15) is 0 Å². The van der Waals surface area contributed by atoms with E-state index < -0.39 is 0 Å². The summed E-state index contributed by atoms with van der Waals surface area (Å²) in [7, 11) is 0. The first kappa shape index (κ1) is 14.7. The molecule has 1 aromatic carbocycles. The van der Waals surface area contributed by atoms with E-state index in [2.05, 4.69) is 42.1 Å². The second-order valence-corrected chi connectivity index (χ2v) is 5.20. The average Bonchev–Trinajstić information content (AvgIpc) is 2.81. The molecule has 0 aliphatic rings. The fourth-order valence-corrected chi connectivity index (χ4v) is 2.37. The minimum absolute atomic E-state index is 0.372. The average molecular weight is 288 g/mol. The van der Waals surface area contributed by atoms with Crippen molar-refractivity contribution in [2.75, 3.05) is 0 Å². The Balaban J connectivity index is 2.37. The van der Waals surface area contributed by atoms with Crippen molar-refractivity contribution in [3.63, 3.8) is 0 Å². The molecule has 0 aliphatic carbocycles. The lowest BCUT2D eigenvalue weighted by Crippen LogP contribution is -2.05. The summed E-state index contributed by atoms with van der Waals surface area (Å²) in [6.45, 7) is 6.38. The van der Waals surface area contributed by atoms with E-state index in [1.54, 1.807) is 4.68 Å². The van der Waals surface area contributed by atoms with Crippen LogP contribution < -0.4 is 0 Å². The first-order valence-corrected chi connectivity index (χ1v) is 7.35. The summed E-state index contributed by atoms with van der Waals surface area (Å²) in [5.41, 5.74) is 2.28. The number of H-pyrrole nitrogens is 1. The van der Waals surface area contributed by atoms with Crippen molar-refractivity contribution >= 4 is 18.4 Å². The molecule has 0 spiro atoms. The largest absolute Gasteiger partial charge is 0.250 e. The van der Waals surface area contributed by atoms with E-state index in [0.717, 1.165) is 24.2 Å². The molecule has 0 amide bonds. The Morgan fingerprint density at radius 3 is 2.70 bits per heavy atom. The number of aromatic amines is 1. The van der Waals surface area contributed by atoms with Gasteiger partial charge in [0.25, 0.3) is 0 Å². The zero-order valence-electron chi connectivity index (χ0n) is 12.1. The Bertz CT molecular complexity index is 650. The molecule has 5 heteroatoms. The van der Waals surface area contributed by atoms with Crippen LogP contribution >= 0.6 is 12.2 Å². The van der Waals surface area contributed by atoms with Crippen LogP contribution in [0.1, 0.15) is 49.6 Å². The molecule has 1 N–H and O–H groups in total. The van der Waals surface area contributed by atoms with Gasteiger partial charge in [-0.3, -0.25) is 5.10 Å². The molecule has 4 nitrogen and oxygen atoms in total. The molecule has 0 atom stereocenters. The van der Waals surface area contributed by atoms with Crippen molar-refractivity contribution < 1.29 is 0 Å². The lowest BCUT2D eigenvalue weighted by molar-refractivity contribution is 0.571. The number of aryl methyl sites for hydroxylation is 1. The van der Waals surface area contributed by atoms with Gasteiger partial charge in [0.05, 0.1) is 6.21 Å². The number of benzene rings is 1. The fourth-order valence-electron chi connectivity index (χ4n) is 2.19. The Labute approximate surface area is 124 Å². The Hall–Kier alpha value is -1.75. The number of rotatable bonds is 5. The Kier molecular flexibility index (Phi) is 4.84. The molecule has 0 unspecified atom stereocenters. The van der Waals surface area contributed by atoms with Gasteiger partial charge in [0.1, 0.15) is 0 Å². The van der Waals surface area contributed by atoms with Gasteiger partial charge in [0.2, 0.25) is 4.77 Å². The highest BCUT2D eigenvalue weighted by molar-refractivity contribution is 7.71. The van der Waals surface area contributed by atoms with Crippen LogP contribution in [0.2, 0.25) is 0 Å². The van der Waals surface area contributed by atoms with E-state index in [1.165, 1.54) is 5.56 Å². The predicted octanol–water partition coefficient (Wildman–Crippen LogP) is 4.03. The molecule has 1 aromatic heterocycles. The summed E-state index contributed by atoms with van der Waals surface area (Å²) in [5.74, 6) is 1.28. The van der Waals surface area contributed by atoms with Crippen molar-refractivity contribution in [1.82, 2.24) is 14.9 Å². The fraction of sp³-hybridized carbons (Fsp3) is 0.400. The van der Waals surface area contributed by atoms with Crippen molar-refractivity contribution in [2.24, 2.45) is 5.10 Å². The van der Waals surface area contributed by atoms with Crippen LogP contribution in [0.25, 0.3) is 0 Å². The van der Waals surface area contributed by atoms with Gasteiger partial charge >= 0.3 is 0 Å². The van der Waals surface area contributed by atoms with Gasteiger partial charge in [-0.05, 0) is 43.1 Å². The number of nitrogens with zero attached hydrogens (tertiary/aromatic N) is 3. The first-order chi connectivity index (χ1) is 9.67. The minimum Gasteiger partial charge on any atom is -0.250 e. The highest BCUT2D eigenvalue weighted by atomic mass is 32.1. The normalized spacial score (nSPS) is 11.6. The van der Waals surface area contributed by atoms with Crippen molar-refractivity contribution in [2.45, 2.75) is 39.5 Å². The van der Waals surface area contributed by atoms with Crippen LogP contribution in [0.4, 0.5) is 0 Å². The molecule has 0 radical (unpaired) electrons. The van der Waals surface area contributed by atoms with Crippen LogP contribution in [-0.2, 0) is 0 Å². The summed E-state index contributed by atoms with van der Waals surface area (Å²) in [6, 6.07) is 8.13. The monoisotopic (exact) mass is 288 g/mol. The number of hydrogen-bond acceptors (Lipinski definition) is 3. The maximum absolute atomic E-state index is 5.27. The summed E-state index contributed by atoms with van der Waals surface area (Å²) in [5, 5.41) is 11.7. The predicted molar refractivity (Wildman–Crippen MR) is 84.9 cm³/mol. The van der Waals surface area contributed by atoms with E-state index in [0.29, 0.717) is 10.7 Å². The number of hydrogen-bond donors (Lipinski definition) is 1. The van der Waals surface area contributed by atoms with E-state index in [-0.39, 0.29) is 0 Å². The second-order valence-electron chi connectivity index (χ2n) is 4.81. The maximum atomic E-state index is 5.27. The lowest BCUT2D eigenvalue weighted by Gasteiger charge is -2.10. The van der Waals surface area contributed by atoms with Crippen molar-refractivity contribution in [1.29, 1.82) is 0 Å². The number of nitrogens with one attached hydrogen (secondary N) is 1. The highest BCUT2D eigenvalue weighted by Crippen LogP contribution is 2.21. The Morgan fingerprint density at radius 1 is 1.35 bits per heavy atom. The van der Waals surface area contributed by atoms with Crippen LogP contribution in [0.5, 0.6) is 0 Å². The van der Waals surface area contributed by atoms with Crippen molar-refractivity contribution in [3.8, 4) is 0 Å². The quantitative estimate of drug-likeness (QED) is 0.667. The second kappa shape index (κ2) is 6.61. The van der Waals surface area contributed by atoms with Crippen molar-refractivity contribution in [3.05, 3.63) is 46.0 Å². The van der Waals surface area contributed by atoms with Gasteiger partial charge < -0.3 is 0 Å². The molecule has 0 bridgehead atoms. The Morgan fingerprint density at radius 2 is 2.05 bits per heavy atom. The molecule has 0 fully saturated rings.